The van der Waals surface area contributed by atoms with Crippen LogP contribution in [0.25, 0.3) is 0 Å². The first-order valence-electron chi connectivity index (χ1n) is 8.61. The molecule has 0 aliphatic heterocycles. The Balaban J connectivity index is 1.84. The molecule has 2 rings (SSSR count). The van der Waals surface area contributed by atoms with Crippen LogP contribution in [-0.2, 0) is 0 Å². The van der Waals surface area contributed by atoms with E-state index >= 15 is 0 Å². The standard InChI is InChI=1S/C17H28N2O3/c1-21-16-13-15(22-19-16)17(20)18-14-11-9-7-5-3-2-4-6-8-10-12-14/h13-14H,2-12H2,1H3,(H,18,20). The van der Waals surface area contributed by atoms with Crippen molar-refractivity contribution in [2.75, 3.05) is 7.11 Å². The topological polar surface area (TPSA) is 64.4 Å². The SMILES string of the molecule is COc1cc(C(=O)NC2CCCCCCCCCCC2)on1. The van der Waals surface area contributed by atoms with Crippen molar-refractivity contribution in [2.24, 2.45) is 0 Å². The van der Waals surface area contributed by atoms with Gasteiger partial charge in [-0.2, -0.15) is 0 Å². The number of nitrogens with zero attached hydrogens (tertiary/aromatic N) is 1. The van der Waals surface area contributed by atoms with Gasteiger partial charge in [0.15, 0.2) is 0 Å². The molecule has 0 bridgehead atoms. The van der Waals surface area contributed by atoms with Crippen molar-refractivity contribution in [3.63, 3.8) is 0 Å². The zero-order valence-electron chi connectivity index (χ0n) is 13.6. The number of nitrogens with one attached hydrogen (secondary N) is 1. The number of amides is 1. The smallest absolute Gasteiger partial charge is 0.290 e. The molecule has 124 valence electrons. The number of hydrogen-bond donors (Lipinski definition) is 1. The van der Waals surface area contributed by atoms with E-state index in [1.165, 1.54) is 71.0 Å². The molecule has 1 aliphatic rings. The van der Waals surface area contributed by atoms with Gasteiger partial charge < -0.3 is 14.6 Å². The Morgan fingerprint density at radius 1 is 1.09 bits per heavy atom. The first-order chi connectivity index (χ1) is 10.8. The predicted octanol–water partition coefficient (Wildman–Crippen LogP) is 4.09. The molecule has 0 unspecified atom stereocenters. The van der Waals surface area contributed by atoms with Crippen LogP contribution in [0.15, 0.2) is 10.6 Å². The Morgan fingerprint density at radius 2 is 1.64 bits per heavy atom. The van der Waals surface area contributed by atoms with Gasteiger partial charge in [-0.15, -0.1) is 0 Å². The van der Waals surface area contributed by atoms with Gasteiger partial charge in [-0.25, -0.2) is 0 Å². The van der Waals surface area contributed by atoms with Gasteiger partial charge in [0.2, 0.25) is 5.76 Å². The van der Waals surface area contributed by atoms with E-state index in [9.17, 15) is 4.79 Å². The highest BCUT2D eigenvalue weighted by Gasteiger charge is 2.18. The van der Waals surface area contributed by atoms with Gasteiger partial charge in [0, 0.05) is 6.04 Å². The molecule has 1 amide bonds. The van der Waals surface area contributed by atoms with Crippen LogP contribution in [0, 0.1) is 0 Å². The quantitative estimate of drug-likeness (QED) is 0.913. The predicted molar refractivity (Wildman–Crippen MR) is 85.1 cm³/mol. The van der Waals surface area contributed by atoms with Crippen molar-refractivity contribution in [3.05, 3.63) is 11.8 Å². The highest BCUT2D eigenvalue weighted by atomic mass is 16.5. The monoisotopic (exact) mass is 308 g/mol. The van der Waals surface area contributed by atoms with Crippen molar-refractivity contribution < 1.29 is 14.1 Å². The number of carbonyl (C=O) groups excluding carboxylic acids is 1. The zero-order valence-corrected chi connectivity index (χ0v) is 13.6. The Labute approximate surface area is 132 Å². The molecule has 1 N–H and O–H groups in total. The number of hydrogen-bond acceptors (Lipinski definition) is 4. The van der Waals surface area contributed by atoms with E-state index < -0.39 is 0 Å². The molecule has 0 atom stereocenters. The number of aromatic nitrogens is 1. The molecule has 22 heavy (non-hydrogen) atoms. The summed E-state index contributed by atoms with van der Waals surface area (Å²) >= 11 is 0. The van der Waals surface area contributed by atoms with Crippen molar-refractivity contribution in [1.29, 1.82) is 0 Å². The van der Waals surface area contributed by atoms with E-state index in [4.69, 9.17) is 9.26 Å². The highest BCUT2D eigenvalue weighted by Crippen LogP contribution is 2.18. The van der Waals surface area contributed by atoms with Crippen molar-refractivity contribution in [1.82, 2.24) is 10.5 Å². The first-order valence-corrected chi connectivity index (χ1v) is 8.61. The molecular weight excluding hydrogens is 280 g/mol. The Morgan fingerprint density at radius 3 is 2.14 bits per heavy atom. The summed E-state index contributed by atoms with van der Waals surface area (Å²) in [7, 11) is 1.51. The van der Waals surface area contributed by atoms with Gasteiger partial charge >= 0.3 is 0 Å². The van der Waals surface area contributed by atoms with E-state index in [1.807, 2.05) is 0 Å². The second-order valence-corrected chi connectivity index (χ2v) is 6.16. The lowest BCUT2D eigenvalue weighted by Crippen LogP contribution is -2.34. The van der Waals surface area contributed by atoms with E-state index in [-0.39, 0.29) is 17.7 Å². The number of rotatable bonds is 3. The third-order valence-electron chi connectivity index (χ3n) is 4.36. The van der Waals surface area contributed by atoms with Crippen molar-refractivity contribution in [2.45, 2.75) is 76.7 Å². The van der Waals surface area contributed by atoms with Crippen LogP contribution >= 0.6 is 0 Å². The fourth-order valence-corrected chi connectivity index (χ4v) is 3.03. The summed E-state index contributed by atoms with van der Waals surface area (Å²) in [6, 6.07) is 1.77. The molecule has 5 nitrogen and oxygen atoms in total. The van der Waals surface area contributed by atoms with Gasteiger partial charge in [0.25, 0.3) is 11.8 Å². The normalized spacial score (nSPS) is 19.0. The second-order valence-electron chi connectivity index (χ2n) is 6.16. The number of ether oxygens (including phenoxy) is 1. The molecule has 1 aliphatic carbocycles. The second kappa shape index (κ2) is 9.49. The van der Waals surface area contributed by atoms with Crippen LogP contribution in [0.1, 0.15) is 81.2 Å². The fraction of sp³-hybridized carbons (Fsp3) is 0.765. The van der Waals surface area contributed by atoms with Gasteiger partial charge in [0.05, 0.1) is 13.2 Å². The molecular formula is C17H28N2O3. The van der Waals surface area contributed by atoms with Crippen LogP contribution < -0.4 is 10.1 Å². The Bertz CT molecular complexity index is 433. The first kappa shape index (κ1) is 16.8. The van der Waals surface area contributed by atoms with Gasteiger partial charge in [-0.1, -0.05) is 57.8 Å². The third-order valence-corrected chi connectivity index (χ3v) is 4.36. The van der Waals surface area contributed by atoms with E-state index in [0.29, 0.717) is 5.88 Å². The lowest BCUT2D eigenvalue weighted by atomic mass is 9.98. The molecule has 1 aromatic rings. The van der Waals surface area contributed by atoms with Crippen LogP contribution in [0.2, 0.25) is 0 Å². The molecule has 1 heterocycles. The minimum absolute atomic E-state index is 0.187. The lowest BCUT2D eigenvalue weighted by molar-refractivity contribution is 0.0893. The van der Waals surface area contributed by atoms with E-state index in [0.717, 1.165) is 12.8 Å². The Hall–Kier alpha value is -1.52. The van der Waals surface area contributed by atoms with Crippen molar-refractivity contribution in [3.8, 4) is 5.88 Å². The average molecular weight is 308 g/mol. The summed E-state index contributed by atoms with van der Waals surface area (Å²) in [4.78, 5) is 12.2. The van der Waals surface area contributed by atoms with Crippen LogP contribution in [-0.4, -0.2) is 24.2 Å². The average Bonchev–Trinajstić information content (AvgIpc) is 2.99. The summed E-state index contributed by atoms with van der Waals surface area (Å²) in [6.07, 6.45) is 13.7. The van der Waals surface area contributed by atoms with E-state index in [2.05, 4.69) is 10.5 Å². The maximum absolute atomic E-state index is 12.2. The number of carbonyl (C=O) groups is 1. The zero-order chi connectivity index (χ0) is 15.6. The van der Waals surface area contributed by atoms with Gasteiger partial charge in [-0.05, 0) is 18.0 Å². The maximum Gasteiger partial charge on any atom is 0.290 e. The molecule has 1 fully saturated rings. The van der Waals surface area contributed by atoms with E-state index in [1.54, 1.807) is 0 Å². The summed E-state index contributed by atoms with van der Waals surface area (Å²) in [6.45, 7) is 0. The molecule has 0 radical (unpaired) electrons. The summed E-state index contributed by atoms with van der Waals surface area (Å²) < 4.78 is 9.95. The molecule has 0 spiro atoms. The molecule has 1 saturated carbocycles. The fourth-order valence-electron chi connectivity index (χ4n) is 3.03. The maximum atomic E-state index is 12.2. The van der Waals surface area contributed by atoms with Gasteiger partial charge in [-0.3, -0.25) is 4.79 Å². The lowest BCUT2D eigenvalue weighted by Gasteiger charge is -2.18. The largest absolute Gasteiger partial charge is 0.479 e. The number of methoxy groups -OCH3 is 1. The Kier molecular flexibility index (Phi) is 7.26. The summed E-state index contributed by atoms with van der Waals surface area (Å²) in [5, 5.41) is 6.77. The minimum Gasteiger partial charge on any atom is -0.479 e. The molecule has 0 aromatic carbocycles. The third kappa shape index (κ3) is 5.70. The van der Waals surface area contributed by atoms with Gasteiger partial charge in [0.1, 0.15) is 0 Å². The van der Waals surface area contributed by atoms with Crippen LogP contribution in [0.4, 0.5) is 0 Å². The molecule has 1 aromatic heterocycles. The highest BCUT2D eigenvalue weighted by molar-refractivity contribution is 5.91. The van der Waals surface area contributed by atoms with Crippen molar-refractivity contribution >= 4 is 5.91 Å². The summed E-state index contributed by atoms with van der Waals surface area (Å²) in [5.74, 6) is 0.375. The van der Waals surface area contributed by atoms with Crippen LogP contribution in [0.3, 0.4) is 0 Å². The summed E-state index contributed by atoms with van der Waals surface area (Å²) in [5.41, 5.74) is 0. The molecule has 5 heteroatoms. The minimum atomic E-state index is -0.187. The molecule has 0 saturated heterocycles. The van der Waals surface area contributed by atoms with Crippen LogP contribution in [0.5, 0.6) is 5.88 Å².